The Hall–Kier alpha value is -0.760. The van der Waals surface area contributed by atoms with Gasteiger partial charge < -0.3 is 10.6 Å². The van der Waals surface area contributed by atoms with Gasteiger partial charge >= 0.3 is 0 Å². The van der Waals surface area contributed by atoms with Crippen LogP contribution in [0.25, 0.3) is 0 Å². The van der Waals surface area contributed by atoms with Gasteiger partial charge in [-0.1, -0.05) is 11.6 Å². The second kappa shape index (κ2) is 2.70. The van der Waals surface area contributed by atoms with Gasteiger partial charge in [0.15, 0.2) is 0 Å². The number of rotatable bonds is 0. The van der Waals surface area contributed by atoms with Crippen LogP contribution in [0.5, 0.6) is 0 Å². The molecule has 0 saturated carbocycles. The first-order chi connectivity index (χ1) is 5.36. The van der Waals surface area contributed by atoms with Crippen molar-refractivity contribution in [2.24, 2.45) is 0 Å². The molecule has 11 heavy (non-hydrogen) atoms. The van der Waals surface area contributed by atoms with Crippen LogP contribution in [0.2, 0.25) is 0 Å². The van der Waals surface area contributed by atoms with E-state index in [1.807, 2.05) is 0 Å². The molecule has 0 aromatic heterocycles. The van der Waals surface area contributed by atoms with Crippen molar-refractivity contribution in [1.82, 2.24) is 10.6 Å². The van der Waals surface area contributed by atoms with Gasteiger partial charge in [-0.05, 0) is 19.4 Å². The zero-order valence-corrected chi connectivity index (χ0v) is 6.85. The number of hydrogen-bond donors (Lipinski definition) is 2. The Balaban J connectivity index is 2.17. The molecule has 0 radical (unpaired) electrons. The molecule has 1 aliphatic carbocycles. The summed E-state index contributed by atoms with van der Waals surface area (Å²) < 4.78 is 0. The zero-order chi connectivity index (χ0) is 7.68. The first-order valence-electron chi connectivity index (χ1n) is 4.22. The Labute approximate surface area is 67.4 Å². The Morgan fingerprint density at radius 2 is 2.36 bits per heavy atom. The molecule has 2 rings (SSSR count). The quantitative estimate of drug-likeness (QED) is 0.533. The van der Waals surface area contributed by atoms with Crippen molar-refractivity contribution in [3.8, 4) is 0 Å². The molecule has 0 spiro atoms. The highest BCUT2D eigenvalue weighted by Crippen LogP contribution is 2.16. The largest absolute Gasteiger partial charge is 0.386 e. The molecule has 2 N–H and O–H groups in total. The highest BCUT2D eigenvalue weighted by molar-refractivity contribution is 5.30. The molecule has 1 unspecified atom stereocenters. The third-order valence-electron chi connectivity index (χ3n) is 2.28. The molecule has 60 valence electrons. The monoisotopic (exact) mass is 150 g/mol. The van der Waals surface area contributed by atoms with E-state index in [9.17, 15) is 0 Å². The maximum Gasteiger partial charge on any atom is 0.0505 e. The van der Waals surface area contributed by atoms with Gasteiger partial charge in [-0.3, -0.25) is 0 Å². The van der Waals surface area contributed by atoms with E-state index in [2.05, 4.69) is 29.7 Å². The van der Waals surface area contributed by atoms with Gasteiger partial charge in [-0.25, -0.2) is 0 Å². The van der Waals surface area contributed by atoms with Crippen LogP contribution < -0.4 is 10.6 Å². The molecule has 1 aliphatic heterocycles. The summed E-state index contributed by atoms with van der Waals surface area (Å²) in [6.07, 6.45) is 5.67. The minimum atomic E-state index is 0.562. The van der Waals surface area contributed by atoms with Crippen LogP contribution >= 0.6 is 0 Å². The van der Waals surface area contributed by atoms with Crippen LogP contribution in [-0.2, 0) is 0 Å². The Morgan fingerprint density at radius 3 is 3.27 bits per heavy atom. The van der Waals surface area contributed by atoms with Crippen molar-refractivity contribution in [2.45, 2.75) is 19.4 Å². The summed E-state index contributed by atoms with van der Waals surface area (Å²) in [5, 5.41) is 6.88. The molecular formula is C9H14N2. The topological polar surface area (TPSA) is 24.1 Å². The number of fused-ring (bicyclic) bond motifs is 1. The molecule has 0 aromatic rings. The van der Waals surface area contributed by atoms with E-state index in [0.29, 0.717) is 6.04 Å². The predicted octanol–water partition coefficient (Wildman–Crippen LogP) is 0.782. The SMILES string of the molecule is CC1=CCC2NCCNC2=C1. The summed E-state index contributed by atoms with van der Waals surface area (Å²) in [5.41, 5.74) is 2.75. The van der Waals surface area contributed by atoms with E-state index in [4.69, 9.17) is 0 Å². The molecule has 0 amide bonds. The molecule has 0 aromatic carbocycles. The van der Waals surface area contributed by atoms with Crippen LogP contribution in [0.4, 0.5) is 0 Å². The maximum atomic E-state index is 3.47. The molecule has 2 nitrogen and oxygen atoms in total. The summed E-state index contributed by atoms with van der Waals surface area (Å²) in [7, 11) is 0. The summed E-state index contributed by atoms with van der Waals surface area (Å²) in [6.45, 7) is 4.31. The van der Waals surface area contributed by atoms with Gasteiger partial charge in [0.1, 0.15) is 0 Å². The van der Waals surface area contributed by atoms with E-state index in [-0.39, 0.29) is 0 Å². The van der Waals surface area contributed by atoms with Crippen LogP contribution in [0.1, 0.15) is 13.3 Å². The van der Waals surface area contributed by atoms with E-state index in [1.54, 1.807) is 0 Å². The average molecular weight is 150 g/mol. The lowest BCUT2D eigenvalue weighted by atomic mass is 9.99. The third-order valence-corrected chi connectivity index (χ3v) is 2.28. The molecule has 2 heteroatoms. The number of nitrogens with one attached hydrogen (secondary N) is 2. The van der Waals surface area contributed by atoms with Gasteiger partial charge in [0.05, 0.1) is 6.04 Å². The molecular weight excluding hydrogens is 136 g/mol. The molecule has 1 saturated heterocycles. The van der Waals surface area contributed by atoms with Gasteiger partial charge in [0.2, 0.25) is 0 Å². The fourth-order valence-corrected chi connectivity index (χ4v) is 1.66. The maximum absolute atomic E-state index is 3.47. The first-order valence-corrected chi connectivity index (χ1v) is 4.22. The van der Waals surface area contributed by atoms with Gasteiger partial charge in [-0.2, -0.15) is 0 Å². The van der Waals surface area contributed by atoms with Crippen molar-refractivity contribution in [1.29, 1.82) is 0 Å². The lowest BCUT2D eigenvalue weighted by Gasteiger charge is -2.30. The first kappa shape index (κ1) is 6.92. The Morgan fingerprint density at radius 1 is 1.45 bits per heavy atom. The Bertz CT molecular complexity index is 216. The summed E-state index contributed by atoms with van der Waals surface area (Å²) >= 11 is 0. The minimum absolute atomic E-state index is 0.562. The molecule has 2 aliphatic rings. The summed E-state index contributed by atoms with van der Waals surface area (Å²) in [5.74, 6) is 0. The number of piperazine rings is 1. The highest BCUT2D eigenvalue weighted by atomic mass is 15.1. The van der Waals surface area contributed by atoms with E-state index in [0.717, 1.165) is 19.5 Å². The molecule has 1 fully saturated rings. The van der Waals surface area contributed by atoms with Crippen LogP contribution in [-0.4, -0.2) is 19.1 Å². The molecule has 1 heterocycles. The Kier molecular flexibility index (Phi) is 1.70. The van der Waals surface area contributed by atoms with E-state index in [1.165, 1.54) is 11.3 Å². The zero-order valence-electron chi connectivity index (χ0n) is 6.85. The lowest BCUT2D eigenvalue weighted by molar-refractivity contribution is 0.478. The summed E-state index contributed by atoms with van der Waals surface area (Å²) in [4.78, 5) is 0. The van der Waals surface area contributed by atoms with Crippen molar-refractivity contribution >= 4 is 0 Å². The fraction of sp³-hybridized carbons (Fsp3) is 0.556. The third kappa shape index (κ3) is 1.31. The van der Waals surface area contributed by atoms with E-state index >= 15 is 0 Å². The smallest absolute Gasteiger partial charge is 0.0505 e. The van der Waals surface area contributed by atoms with Gasteiger partial charge in [-0.15, -0.1) is 0 Å². The van der Waals surface area contributed by atoms with Crippen molar-refractivity contribution in [2.75, 3.05) is 13.1 Å². The number of hydrogen-bond acceptors (Lipinski definition) is 2. The van der Waals surface area contributed by atoms with Crippen molar-refractivity contribution in [3.05, 3.63) is 23.4 Å². The van der Waals surface area contributed by atoms with E-state index < -0.39 is 0 Å². The summed E-state index contributed by atoms with van der Waals surface area (Å²) in [6, 6.07) is 0.562. The lowest BCUT2D eigenvalue weighted by Crippen LogP contribution is -2.46. The normalized spacial score (nSPS) is 29.7. The average Bonchev–Trinajstić information content (AvgIpc) is 2.04. The van der Waals surface area contributed by atoms with Gasteiger partial charge in [0.25, 0.3) is 0 Å². The standard InChI is InChI=1S/C9H14N2/c1-7-2-3-8-9(6-7)11-5-4-10-8/h2,6,8,10-11H,3-5H2,1H3. The van der Waals surface area contributed by atoms with Crippen LogP contribution in [0, 0.1) is 0 Å². The number of allylic oxidation sites excluding steroid dienone is 2. The second-order valence-electron chi connectivity index (χ2n) is 3.22. The highest BCUT2D eigenvalue weighted by Gasteiger charge is 2.18. The van der Waals surface area contributed by atoms with Crippen molar-refractivity contribution in [3.63, 3.8) is 0 Å². The molecule has 0 bridgehead atoms. The molecule has 1 atom stereocenters. The van der Waals surface area contributed by atoms with Crippen LogP contribution in [0.15, 0.2) is 23.4 Å². The second-order valence-corrected chi connectivity index (χ2v) is 3.22. The van der Waals surface area contributed by atoms with Gasteiger partial charge in [0, 0.05) is 18.8 Å². The van der Waals surface area contributed by atoms with Crippen LogP contribution in [0.3, 0.4) is 0 Å². The fourth-order valence-electron chi connectivity index (χ4n) is 1.66. The predicted molar refractivity (Wildman–Crippen MR) is 46.3 cm³/mol. The minimum Gasteiger partial charge on any atom is -0.386 e. The van der Waals surface area contributed by atoms with Crippen molar-refractivity contribution < 1.29 is 0 Å².